The Morgan fingerprint density at radius 1 is 1.17 bits per heavy atom. The van der Waals surface area contributed by atoms with Crippen LogP contribution in [0.4, 0.5) is 14.0 Å². The molecule has 0 spiro atoms. The molecule has 0 radical (unpaired) electrons. The molecule has 258 valence electrons. The second-order valence-corrected chi connectivity index (χ2v) is 13.9. The van der Waals surface area contributed by atoms with Crippen LogP contribution in [0.15, 0.2) is 30.4 Å². The third kappa shape index (κ3) is 7.89. The number of alkyl carbamates (subject to hydrolysis) is 1. The number of nitriles is 1. The molecular weight excluding hydrogens is 623 g/mol. The molecule has 3 heterocycles. The van der Waals surface area contributed by atoms with E-state index < -0.39 is 65.1 Å². The first-order chi connectivity index (χ1) is 22.8. The molecule has 3 aliphatic heterocycles. The number of fused-ring (bicyclic) bond motifs is 3. The maximum absolute atomic E-state index is 14.3. The third-order valence-electron chi connectivity index (χ3n) is 9.12. The number of nitrogens with one attached hydrogen (secondary N) is 3. The number of halogens is 1. The molecule has 4 aliphatic rings. The predicted molar refractivity (Wildman–Crippen MR) is 169 cm³/mol. The molecule has 5 rings (SSSR count). The third-order valence-corrected chi connectivity index (χ3v) is 9.12. The smallest absolute Gasteiger partial charge is 0.410 e. The van der Waals surface area contributed by atoms with E-state index >= 15 is 0 Å². The summed E-state index contributed by atoms with van der Waals surface area (Å²) in [6.45, 7) is 4.93. The van der Waals surface area contributed by atoms with E-state index in [-0.39, 0.29) is 44.9 Å². The summed E-state index contributed by atoms with van der Waals surface area (Å²) in [5.74, 6) is -2.38. The lowest BCUT2D eigenvalue weighted by molar-refractivity contribution is -0.141. The average Bonchev–Trinajstić information content (AvgIpc) is 3.33. The van der Waals surface area contributed by atoms with Gasteiger partial charge in [0.2, 0.25) is 17.7 Å². The maximum Gasteiger partial charge on any atom is 0.410 e. The first kappa shape index (κ1) is 34.7. The number of nitrogens with zero attached hydrogens (tertiary/aromatic N) is 3. The van der Waals surface area contributed by atoms with Gasteiger partial charge in [-0.2, -0.15) is 5.26 Å². The van der Waals surface area contributed by atoms with Crippen LogP contribution in [0, 0.1) is 23.1 Å². The fourth-order valence-corrected chi connectivity index (χ4v) is 6.62. The Kier molecular flexibility index (Phi) is 10.3. The van der Waals surface area contributed by atoms with Crippen molar-refractivity contribution in [3.8, 4) is 6.07 Å². The molecule has 1 aliphatic carbocycles. The van der Waals surface area contributed by atoms with Crippen molar-refractivity contribution in [1.82, 2.24) is 25.8 Å². The molecule has 0 unspecified atom stereocenters. The van der Waals surface area contributed by atoms with Crippen molar-refractivity contribution >= 4 is 29.9 Å². The number of benzene rings is 1. The van der Waals surface area contributed by atoms with Crippen LogP contribution < -0.4 is 16.0 Å². The number of carbonyl (C=O) groups is 5. The van der Waals surface area contributed by atoms with Gasteiger partial charge in [0.1, 0.15) is 41.7 Å². The fourth-order valence-electron chi connectivity index (χ4n) is 6.62. The van der Waals surface area contributed by atoms with E-state index in [1.807, 2.05) is 18.2 Å². The molecule has 1 saturated carbocycles. The highest BCUT2D eigenvalue weighted by molar-refractivity contribution is 5.98. The molecule has 1 saturated heterocycles. The van der Waals surface area contributed by atoms with Gasteiger partial charge in [-0.15, -0.1) is 0 Å². The number of hydrogen-bond donors (Lipinski definition) is 3. The fraction of sp³-hybridized carbons (Fsp3) is 0.588. The van der Waals surface area contributed by atoms with E-state index in [1.54, 1.807) is 32.9 Å². The zero-order valence-corrected chi connectivity index (χ0v) is 27.6. The second kappa shape index (κ2) is 14.2. The lowest BCUT2D eigenvalue weighted by Gasteiger charge is -2.30. The molecule has 2 fully saturated rings. The summed E-state index contributed by atoms with van der Waals surface area (Å²) in [5, 5.41) is 17.1. The molecular formula is C34H43FN6O7. The van der Waals surface area contributed by atoms with Crippen molar-refractivity contribution in [2.24, 2.45) is 5.92 Å². The monoisotopic (exact) mass is 666 g/mol. The van der Waals surface area contributed by atoms with Gasteiger partial charge < -0.3 is 30.3 Å². The molecule has 14 heteroatoms. The SMILES string of the molecule is CC(C)(C)OC(=O)N[C@H]1CCCCC/C=C\[C@H]2C[C@@]2(C(=O)NCC#N)NC(=O)[C@@H]2C[C@@H](OC(=O)N3Cc4cccc(F)c4C3)CN2C1=O. The van der Waals surface area contributed by atoms with Crippen LogP contribution in [0.5, 0.6) is 0 Å². The number of hydrogen-bond acceptors (Lipinski definition) is 8. The van der Waals surface area contributed by atoms with Crippen LogP contribution in [0.25, 0.3) is 0 Å². The maximum atomic E-state index is 14.3. The Morgan fingerprint density at radius 3 is 2.69 bits per heavy atom. The zero-order chi connectivity index (χ0) is 34.6. The summed E-state index contributed by atoms with van der Waals surface area (Å²) in [7, 11) is 0. The normalized spacial score (nSPS) is 27.9. The summed E-state index contributed by atoms with van der Waals surface area (Å²) in [6.07, 6.45) is 4.95. The van der Waals surface area contributed by atoms with Gasteiger partial charge in [0.15, 0.2) is 0 Å². The molecule has 5 amide bonds. The average molecular weight is 667 g/mol. The molecule has 13 nitrogen and oxygen atoms in total. The highest BCUT2D eigenvalue weighted by Gasteiger charge is 2.61. The van der Waals surface area contributed by atoms with E-state index in [0.29, 0.717) is 24.0 Å². The van der Waals surface area contributed by atoms with Crippen molar-refractivity contribution in [3.05, 3.63) is 47.3 Å². The summed E-state index contributed by atoms with van der Waals surface area (Å²) >= 11 is 0. The highest BCUT2D eigenvalue weighted by Crippen LogP contribution is 2.45. The zero-order valence-electron chi connectivity index (χ0n) is 27.6. The topological polar surface area (TPSA) is 170 Å². The lowest BCUT2D eigenvalue weighted by atomic mass is 10.0. The van der Waals surface area contributed by atoms with Crippen molar-refractivity contribution in [3.63, 3.8) is 0 Å². The van der Waals surface area contributed by atoms with Gasteiger partial charge in [0, 0.05) is 24.4 Å². The van der Waals surface area contributed by atoms with Gasteiger partial charge >= 0.3 is 12.2 Å². The van der Waals surface area contributed by atoms with Gasteiger partial charge in [0.25, 0.3) is 0 Å². The summed E-state index contributed by atoms with van der Waals surface area (Å²) in [6, 6.07) is 4.35. The van der Waals surface area contributed by atoms with E-state index in [1.165, 1.54) is 15.9 Å². The molecule has 1 aromatic carbocycles. The number of ether oxygens (including phenoxy) is 2. The number of rotatable bonds is 4. The second-order valence-electron chi connectivity index (χ2n) is 13.9. The Labute approximate surface area is 279 Å². The minimum atomic E-state index is -1.30. The van der Waals surface area contributed by atoms with Gasteiger partial charge in [-0.05, 0) is 58.1 Å². The molecule has 48 heavy (non-hydrogen) atoms. The summed E-state index contributed by atoms with van der Waals surface area (Å²) in [4.78, 5) is 70.1. The van der Waals surface area contributed by atoms with Crippen LogP contribution in [0.2, 0.25) is 0 Å². The Bertz CT molecular complexity index is 1520. The summed E-state index contributed by atoms with van der Waals surface area (Å²) in [5.41, 5.74) is -1.03. The van der Waals surface area contributed by atoms with Gasteiger partial charge in [0.05, 0.1) is 19.2 Å². The molecule has 0 aromatic heterocycles. The molecule has 5 atom stereocenters. The summed E-state index contributed by atoms with van der Waals surface area (Å²) < 4.78 is 25.6. The number of carbonyl (C=O) groups excluding carboxylic acids is 5. The largest absolute Gasteiger partial charge is 0.444 e. The van der Waals surface area contributed by atoms with Crippen LogP contribution >= 0.6 is 0 Å². The van der Waals surface area contributed by atoms with Gasteiger partial charge in [-0.3, -0.25) is 19.3 Å². The van der Waals surface area contributed by atoms with Gasteiger partial charge in [-0.25, -0.2) is 14.0 Å². The molecule has 1 aromatic rings. The van der Waals surface area contributed by atoms with E-state index in [0.717, 1.165) is 19.3 Å². The number of allylic oxidation sites excluding steroid dienone is 1. The quantitative estimate of drug-likeness (QED) is 0.325. The van der Waals surface area contributed by atoms with E-state index in [2.05, 4.69) is 16.0 Å². The lowest BCUT2D eigenvalue weighted by Crippen LogP contribution is -2.58. The predicted octanol–water partition coefficient (Wildman–Crippen LogP) is 3.18. The Hall–Kier alpha value is -4.67. The molecule has 3 N–H and O–H groups in total. The number of amides is 5. The first-order valence-electron chi connectivity index (χ1n) is 16.5. The molecule has 0 bridgehead atoms. The van der Waals surface area contributed by atoms with Crippen molar-refractivity contribution in [2.45, 2.75) is 108 Å². The Balaban J connectivity index is 1.39. The highest BCUT2D eigenvalue weighted by atomic mass is 19.1. The van der Waals surface area contributed by atoms with Crippen molar-refractivity contribution in [2.75, 3.05) is 13.1 Å². The first-order valence-corrected chi connectivity index (χ1v) is 16.5. The Morgan fingerprint density at radius 2 is 1.96 bits per heavy atom. The van der Waals surface area contributed by atoms with E-state index in [9.17, 15) is 28.4 Å². The standard InChI is InChI=1S/C34H43FN6O7/c1-33(2,3)48-31(45)38-26-13-8-6-4-5-7-11-22-17-34(22,30(44)37-15-14-36)39-28(42)27-16-23(19-41(27)29(26)43)47-32(46)40-18-21-10-9-12-25(35)24(21)20-40/h7,9-12,22-23,26-27H,4-6,8,13,15-20H2,1-3H3,(H,37,44)(H,38,45)(H,39,42)/b11-7-/t22-,23+,26-,27-,34+/m0/s1. The van der Waals surface area contributed by atoms with Gasteiger partial charge in [-0.1, -0.05) is 37.1 Å². The van der Waals surface area contributed by atoms with Crippen molar-refractivity contribution < 1.29 is 37.8 Å². The van der Waals surface area contributed by atoms with Crippen LogP contribution in [-0.2, 0) is 36.9 Å². The minimum Gasteiger partial charge on any atom is -0.444 e. The van der Waals surface area contributed by atoms with E-state index in [4.69, 9.17) is 14.7 Å². The van der Waals surface area contributed by atoms with Crippen molar-refractivity contribution in [1.29, 1.82) is 5.26 Å². The van der Waals surface area contributed by atoms with Crippen LogP contribution in [0.1, 0.15) is 76.8 Å². The minimum absolute atomic E-state index is 0.0250. The van der Waals surface area contributed by atoms with Crippen LogP contribution in [0.3, 0.4) is 0 Å². The van der Waals surface area contributed by atoms with Crippen LogP contribution in [-0.4, -0.2) is 82.1 Å².